The number of aromatic nitrogens is 1. The number of fused-ring (bicyclic) bond motifs is 1. The molecule has 4 nitrogen and oxygen atoms in total. The second-order valence-electron chi connectivity index (χ2n) is 9.45. The molecule has 1 amide bonds. The predicted molar refractivity (Wildman–Crippen MR) is 135 cm³/mol. The van der Waals surface area contributed by atoms with Gasteiger partial charge >= 0.3 is 0 Å². The van der Waals surface area contributed by atoms with E-state index < -0.39 is 0 Å². The lowest BCUT2D eigenvalue weighted by Crippen LogP contribution is -2.42. The van der Waals surface area contributed by atoms with Gasteiger partial charge in [0.05, 0.1) is 11.7 Å². The molecule has 1 aliphatic heterocycles. The molecule has 2 atom stereocenters. The molecular weight excluding hydrogens is 455 g/mol. The number of nitrogens with one attached hydrogen (secondary N) is 1. The quantitative estimate of drug-likeness (QED) is 0.418. The van der Waals surface area contributed by atoms with Gasteiger partial charge in [-0.15, -0.1) is 0 Å². The van der Waals surface area contributed by atoms with E-state index in [4.69, 9.17) is 32.9 Å². The van der Waals surface area contributed by atoms with E-state index in [2.05, 4.69) is 32.2 Å². The van der Waals surface area contributed by atoms with Gasteiger partial charge in [0, 0.05) is 39.6 Å². The van der Waals surface area contributed by atoms with E-state index in [0.29, 0.717) is 28.8 Å². The van der Waals surface area contributed by atoms with E-state index in [1.165, 1.54) is 0 Å². The molecule has 1 aliphatic rings. The summed E-state index contributed by atoms with van der Waals surface area (Å²) >= 11 is 12.7. The molecular formula is C27H28Cl2N2O2. The summed E-state index contributed by atoms with van der Waals surface area (Å²) in [7, 11) is 0. The minimum atomic E-state index is -0.190. The van der Waals surface area contributed by atoms with E-state index >= 15 is 0 Å². The summed E-state index contributed by atoms with van der Waals surface area (Å²) in [6, 6.07) is 17.2. The third-order valence-corrected chi connectivity index (χ3v) is 6.58. The Labute approximate surface area is 205 Å². The van der Waals surface area contributed by atoms with Crippen molar-refractivity contribution in [2.45, 2.75) is 52.7 Å². The normalized spacial score (nSPS) is 17.8. The molecule has 0 radical (unpaired) electrons. The van der Waals surface area contributed by atoms with Gasteiger partial charge in [0.25, 0.3) is 0 Å². The van der Waals surface area contributed by atoms with Gasteiger partial charge in [-0.05, 0) is 35.2 Å². The van der Waals surface area contributed by atoms with Gasteiger partial charge in [0.2, 0.25) is 11.8 Å². The third kappa shape index (κ3) is 5.02. The van der Waals surface area contributed by atoms with Gasteiger partial charge in [0.1, 0.15) is 6.10 Å². The highest BCUT2D eigenvalue weighted by atomic mass is 35.5. The van der Waals surface area contributed by atoms with Crippen LogP contribution in [0.4, 0.5) is 0 Å². The van der Waals surface area contributed by atoms with Crippen molar-refractivity contribution in [2.24, 2.45) is 5.41 Å². The fraction of sp³-hybridized carbons (Fsp3) is 0.333. The maximum Gasteiger partial charge on any atom is 0.220 e. The Morgan fingerprint density at radius 3 is 2.42 bits per heavy atom. The second-order valence-corrected chi connectivity index (χ2v) is 10.3. The van der Waals surface area contributed by atoms with Crippen LogP contribution in [0.15, 0.2) is 54.6 Å². The molecule has 33 heavy (non-hydrogen) atoms. The fourth-order valence-electron chi connectivity index (χ4n) is 4.05. The van der Waals surface area contributed by atoms with Crippen LogP contribution in [0.3, 0.4) is 0 Å². The average molecular weight is 483 g/mol. The first-order chi connectivity index (χ1) is 15.7. The van der Waals surface area contributed by atoms with Crippen molar-refractivity contribution in [3.8, 4) is 28.3 Å². The van der Waals surface area contributed by atoms with Gasteiger partial charge in [-0.25, -0.2) is 4.98 Å². The molecule has 172 valence electrons. The molecule has 2 aromatic carbocycles. The van der Waals surface area contributed by atoms with Crippen molar-refractivity contribution in [1.29, 1.82) is 0 Å². The fourth-order valence-corrected chi connectivity index (χ4v) is 4.40. The lowest BCUT2D eigenvalue weighted by Gasteiger charge is -2.39. The summed E-state index contributed by atoms with van der Waals surface area (Å²) in [5.74, 6) is 0.541. The number of amides is 1. The predicted octanol–water partition coefficient (Wildman–Crippen LogP) is 7.49. The van der Waals surface area contributed by atoms with Crippen molar-refractivity contribution >= 4 is 29.1 Å². The van der Waals surface area contributed by atoms with Crippen molar-refractivity contribution in [3.63, 3.8) is 0 Å². The smallest absolute Gasteiger partial charge is 0.220 e. The monoisotopic (exact) mass is 482 g/mol. The molecule has 3 aromatic rings. The maximum atomic E-state index is 12.4. The van der Waals surface area contributed by atoms with E-state index in [-0.39, 0.29) is 23.5 Å². The van der Waals surface area contributed by atoms with E-state index in [1.807, 2.05) is 55.5 Å². The first-order valence-corrected chi connectivity index (χ1v) is 11.9. The van der Waals surface area contributed by atoms with Gasteiger partial charge in [-0.1, -0.05) is 81.2 Å². The zero-order chi connectivity index (χ0) is 23.8. The van der Waals surface area contributed by atoms with Gasteiger partial charge in [0.15, 0.2) is 0 Å². The molecule has 1 aromatic heterocycles. The third-order valence-electron chi connectivity index (χ3n) is 6.00. The molecule has 0 spiro atoms. The summed E-state index contributed by atoms with van der Waals surface area (Å²) in [4.78, 5) is 17.4. The topological polar surface area (TPSA) is 51.2 Å². The largest absolute Gasteiger partial charge is 0.473 e. The van der Waals surface area contributed by atoms with Gasteiger partial charge < -0.3 is 10.1 Å². The highest BCUT2D eigenvalue weighted by Crippen LogP contribution is 2.44. The van der Waals surface area contributed by atoms with Crippen LogP contribution in [0.1, 0.15) is 52.1 Å². The lowest BCUT2D eigenvalue weighted by atomic mass is 9.82. The number of nitrogens with zero attached hydrogens (tertiary/aromatic N) is 1. The van der Waals surface area contributed by atoms with Crippen LogP contribution in [0, 0.1) is 5.41 Å². The molecule has 0 bridgehead atoms. The first-order valence-electron chi connectivity index (χ1n) is 11.2. The number of halogens is 2. The van der Waals surface area contributed by atoms with E-state index in [9.17, 15) is 4.79 Å². The maximum absolute atomic E-state index is 12.4. The van der Waals surface area contributed by atoms with E-state index in [0.717, 1.165) is 27.9 Å². The number of carbonyl (C=O) groups excluding carboxylic acids is 1. The van der Waals surface area contributed by atoms with Crippen molar-refractivity contribution in [2.75, 3.05) is 0 Å². The summed E-state index contributed by atoms with van der Waals surface area (Å²) in [6.45, 7) is 8.27. The summed E-state index contributed by atoms with van der Waals surface area (Å²) < 4.78 is 6.43. The summed E-state index contributed by atoms with van der Waals surface area (Å²) in [6.07, 6.45) is 0.998. The van der Waals surface area contributed by atoms with Gasteiger partial charge in [-0.3, -0.25) is 4.79 Å². The molecule has 4 rings (SSSR count). The van der Waals surface area contributed by atoms with Crippen LogP contribution in [0.2, 0.25) is 10.0 Å². The second kappa shape index (κ2) is 9.36. The van der Waals surface area contributed by atoms with E-state index in [1.54, 1.807) is 0 Å². The molecule has 0 fully saturated rings. The Bertz CT molecular complexity index is 1170. The number of ether oxygens (including phenoxy) is 1. The minimum Gasteiger partial charge on any atom is -0.473 e. The highest BCUT2D eigenvalue weighted by Gasteiger charge is 2.37. The molecule has 0 saturated heterocycles. The average Bonchev–Trinajstić information content (AvgIpc) is 2.78. The zero-order valence-corrected chi connectivity index (χ0v) is 20.8. The number of pyridine rings is 1. The Kier molecular flexibility index (Phi) is 6.69. The number of hydrogen-bond acceptors (Lipinski definition) is 3. The van der Waals surface area contributed by atoms with Crippen LogP contribution in [-0.4, -0.2) is 17.0 Å². The number of rotatable bonds is 4. The Morgan fingerprint density at radius 1 is 1.09 bits per heavy atom. The standard InChI is InChI=1S/C27H28Cl2N2O2/c1-5-24(32)30-22-15-23(27(2,3)4)33-26-20(22)14-19(16-10-12-17(28)13-11-16)25(31-26)18-8-6-7-9-21(18)29/h6-14,22-23H,5,15H2,1-4H3,(H,30,32). The van der Waals surface area contributed by atoms with Crippen molar-refractivity contribution in [3.05, 3.63) is 70.2 Å². The Balaban J connectivity index is 1.94. The molecule has 0 aliphatic carbocycles. The van der Waals surface area contributed by atoms with Crippen LogP contribution in [0.25, 0.3) is 22.4 Å². The molecule has 6 heteroatoms. The summed E-state index contributed by atoms with van der Waals surface area (Å²) in [5, 5.41) is 4.45. The van der Waals surface area contributed by atoms with Crippen molar-refractivity contribution < 1.29 is 9.53 Å². The number of hydrogen-bond donors (Lipinski definition) is 1. The van der Waals surface area contributed by atoms with Crippen LogP contribution < -0.4 is 10.1 Å². The molecule has 0 saturated carbocycles. The van der Waals surface area contributed by atoms with Crippen LogP contribution in [-0.2, 0) is 4.79 Å². The van der Waals surface area contributed by atoms with Crippen molar-refractivity contribution in [1.82, 2.24) is 10.3 Å². The van der Waals surface area contributed by atoms with Gasteiger partial charge in [-0.2, -0.15) is 0 Å². The first kappa shape index (κ1) is 23.6. The highest BCUT2D eigenvalue weighted by molar-refractivity contribution is 6.33. The Hall–Kier alpha value is -2.56. The van der Waals surface area contributed by atoms with Crippen LogP contribution >= 0.6 is 23.2 Å². The SMILES string of the molecule is CCC(=O)NC1CC(C(C)(C)C)Oc2nc(-c3ccccc3Cl)c(-c3ccc(Cl)cc3)cc21. The minimum absolute atomic E-state index is 0.00346. The number of carbonyl (C=O) groups is 1. The Morgan fingerprint density at radius 2 is 1.79 bits per heavy atom. The molecule has 1 N–H and O–H groups in total. The summed E-state index contributed by atoms with van der Waals surface area (Å²) in [5.41, 5.74) is 4.18. The number of benzene rings is 2. The molecule has 2 unspecified atom stereocenters. The molecule has 2 heterocycles. The van der Waals surface area contributed by atoms with Crippen LogP contribution in [0.5, 0.6) is 5.88 Å². The zero-order valence-electron chi connectivity index (χ0n) is 19.3. The lowest BCUT2D eigenvalue weighted by molar-refractivity contribution is -0.122.